The Morgan fingerprint density at radius 2 is 2.08 bits per heavy atom. The van der Waals surface area contributed by atoms with Crippen LogP contribution in [-0.2, 0) is 17.6 Å². The molecule has 1 N–H and O–H groups in total. The minimum absolute atomic E-state index is 0.0652. The Kier molecular flexibility index (Phi) is 3.60. The third-order valence-electron chi connectivity index (χ3n) is 4.82. The van der Waals surface area contributed by atoms with Crippen LogP contribution in [-0.4, -0.2) is 17.4 Å². The number of benzene rings is 2. The Bertz CT molecular complexity index is 929. The van der Waals surface area contributed by atoms with E-state index in [1.54, 1.807) is 6.07 Å². The SMILES string of the molecule is Cc1[nH]c2ccc(F)cc2c1CC(=O)N1CCCc2ccccc21. The summed E-state index contributed by atoms with van der Waals surface area (Å²) in [5, 5.41) is 0.797. The zero-order valence-electron chi connectivity index (χ0n) is 13.6. The number of nitrogens with one attached hydrogen (secondary N) is 1. The molecule has 1 amide bonds. The molecule has 0 atom stereocenters. The summed E-state index contributed by atoms with van der Waals surface area (Å²) in [5.41, 5.74) is 4.92. The van der Waals surface area contributed by atoms with Gasteiger partial charge in [0.05, 0.1) is 6.42 Å². The van der Waals surface area contributed by atoms with Crippen LogP contribution in [0.2, 0.25) is 0 Å². The first-order chi connectivity index (χ1) is 11.6. The number of para-hydroxylation sites is 1. The van der Waals surface area contributed by atoms with Crippen molar-refractivity contribution in [3.05, 3.63) is 65.1 Å². The van der Waals surface area contributed by atoms with Gasteiger partial charge < -0.3 is 9.88 Å². The van der Waals surface area contributed by atoms with Crippen LogP contribution in [0.1, 0.15) is 23.2 Å². The van der Waals surface area contributed by atoms with Crippen molar-refractivity contribution in [2.45, 2.75) is 26.2 Å². The quantitative estimate of drug-likeness (QED) is 0.756. The van der Waals surface area contributed by atoms with Crippen LogP contribution in [0.25, 0.3) is 10.9 Å². The van der Waals surface area contributed by atoms with Gasteiger partial charge in [0.2, 0.25) is 5.91 Å². The van der Waals surface area contributed by atoms with Crippen LogP contribution < -0.4 is 4.90 Å². The summed E-state index contributed by atoms with van der Waals surface area (Å²) in [7, 11) is 0. The molecule has 2 aromatic carbocycles. The fraction of sp³-hybridized carbons (Fsp3) is 0.250. The highest BCUT2D eigenvalue weighted by Crippen LogP contribution is 2.29. The van der Waals surface area contributed by atoms with Crippen molar-refractivity contribution in [2.75, 3.05) is 11.4 Å². The van der Waals surface area contributed by atoms with E-state index in [1.807, 2.05) is 30.0 Å². The van der Waals surface area contributed by atoms with Crippen LogP contribution in [0.15, 0.2) is 42.5 Å². The number of fused-ring (bicyclic) bond motifs is 2. The molecular weight excluding hydrogens is 303 g/mol. The van der Waals surface area contributed by atoms with Gasteiger partial charge in [-0.25, -0.2) is 4.39 Å². The zero-order chi connectivity index (χ0) is 16.7. The zero-order valence-corrected chi connectivity index (χ0v) is 13.6. The monoisotopic (exact) mass is 322 g/mol. The van der Waals surface area contributed by atoms with Crippen molar-refractivity contribution in [2.24, 2.45) is 0 Å². The average Bonchev–Trinajstić information content (AvgIpc) is 2.89. The highest BCUT2D eigenvalue weighted by molar-refractivity contribution is 5.99. The molecule has 1 aliphatic rings. The second kappa shape index (κ2) is 5.78. The second-order valence-corrected chi connectivity index (χ2v) is 6.37. The van der Waals surface area contributed by atoms with Crippen molar-refractivity contribution in [3.8, 4) is 0 Å². The Labute approximate surface area is 140 Å². The van der Waals surface area contributed by atoms with E-state index in [0.717, 1.165) is 47.2 Å². The van der Waals surface area contributed by atoms with Gasteiger partial charge in [-0.05, 0) is 55.2 Å². The number of carbonyl (C=O) groups excluding carboxylic acids is 1. The van der Waals surface area contributed by atoms with Gasteiger partial charge in [-0.2, -0.15) is 0 Å². The fourth-order valence-electron chi connectivity index (χ4n) is 3.62. The Morgan fingerprint density at radius 3 is 2.96 bits per heavy atom. The Morgan fingerprint density at radius 1 is 1.25 bits per heavy atom. The number of hydrogen-bond donors (Lipinski definition) is 1. The normalized spacial score (nSPS) is 14.0. The molecule has 0 unspecified atom stereocenters. The lowest BCUT2D eigenvalue weighted by atomic mass is 10.0. The smallest absolute Gasteiger partial charge is 0.231 e. The van der Waals surface area contributed by atoms with E-state index in [2.05, 4.69) is 11.1 Å². The molecule has 3 aromatic rings. The highest BCUT2D eigenvalue weighted by atomic mass is 19.1. The van der Waals surface area contributed by atoms with E-state index in [4.69, 9.17) is 0 Å². The van der Waals surface area contributed by atoms with Crippen LogP contribution in [0.3, 0.4) is 0 Å². The van der Waals surface area contributed by atoms with Gasteiger partial charge in [-0.15, -0.1) is 0 Å². The summed E-state index contributed by atoms with van der Waals surface area (Å²) in [6.07, 6.45) is 2.27. The first-order valence-electron chi connectivity index (χ1n) is 8.28. The second-order valence-electron chi connectivity index (χ2n) is 6.37. The molecule has 1 aliphatic heterocycles. The maximum atomic E-state index is 13.6. The van der Waals surface area contributed by atoms with Crippen molar-refractivity contribution < 1.29 is 9.18 Å². The van der Waals surface area contributed by atoms with Crippen LogP contribution in [0.4, 0.5) is 10.1 Å². The number of aromatic nitrogens is 1. The van der Waals surface area contributed by atoms with Gasteiger partial charge in [-0.1, -0.05) is 18.2 Å². The largest absolute Gasteiger partial charge is 0.358 e. The van der Waals surface area contributed by atoms with Gasteiger partial charge in [0.1, 0.15) is 5.82 Å². The number of carbonyl (C=O) groups is 1. The van der Waals surface area contributed by atoms with Gasteiger partial charge in [0, 0.05) is 28.8 Å². The van der Waals surface area contributed by atoms with Crippen LogP contribution in [0, 0.1) is 12.7 Å². The number of aryl methyl sites for hydroxylation is 2. The molecular formula is C20H19FN2O. The van der Waals surface area contributed by atoms with Crippen molar-refractivity contribution in [1.82, 2.24) is 4.98 Å². The van der Waals surface area contributed by atoms with Crippen molar-refractivity contribution in [3.63, 3.8) is 0 Å². The molecule has 3 nitrogen and oxygen atoms in total. The predicted octanol–water partition coefficient (Wildman–Crippen LogP) is 4.14. The molecule has 0 fully saturated rings. The predicted molar refractivity (Wildman–Crippen MR) is 93.8 cm³/mol. The number of rotatable bonds is 2. The number of aromatic amines is 1. The summed E-state index contributed by atoms with van der Waals surface area (Å²) in [4.78, 5) is 18.0. The summed E-state index contributed by atoms with van der Waals surface area (Å²) >= 11 is 0. The number of halogens is 1. The van der Waals surface area contributed by atoms with Gasteiger partial charge in [0.25, 0.3) is 0 Å². The lowest BCUT2D eigenvalue weighted by Gasteiger charge is -2.29. The number of amides is 1. The van der Waals surface area contributed by atoms with E-state index in [1.165, 1.54) is 17.7 Å². The lowest BCUT2D eigenvalue weighted by Crippen LogP contribution is -2.36. The first kappa shape index (κ1) is 14.9. The van der Waals surface area contributed by atoms with Crippen LogP contribution >= 0.6 is 0 Å². The van der Waals surface area contributed by atoms with Gasteiger partial charge in [-0.3, -0.25) is 4.79 Å². The van der Waals surface area contributed by atoms with E-state index in [-0.39, 0.29) is 18.1 Å². The lowest BCUT2D eigenvalue weighted by molar-refractivity contribution is -0.118. The third kappa shape index (κ3) is 2.48. The molecule has 122 valence electrons. The average molecular weight is 322 g/mol. The maximum absolute atomic E-state index is 13.6. The van der Waals surface area contributed by atoms with E-state index in [9.17, 15) is 9.18 Å². The topological polar surface area (TPSA) is 36.1 Å². The third-order valence-corrected chi connectivity index (χ3v) is 4.82. The van der Waals surface area contributed by atoms with Crippen LogP contribution in [0.5, 0.6) is 0 Å². The minimum atomic E-state index is -0.279. The molecule has 0 saturated carbocycles. The first-order valence-corrected chi connectivity index (χ1v) is 8.28. The molecule has 4 heteroatoms. The van der Waals surface area contributed by atoms with E-state index >= 15 is 0 Å². The van der Waals surface area contributed by atoms with Crippen molar-refractivity contribution in [1.29, 1.82) is 0 Å². The number of anilines is 1. The summed E-state index contributed by atoms with van der Waals surface area (Å²) < 4.78 is 13.6. The summed E-state index contributed by atoms with van der Waals surface area (Å²) in [6, 6.07) is 12.7. The standard InChI is InChI=1S/C20H19FN2O/c1-13-16(17-11-15(21)8-9-18(17)22-13)12-20(24)23-10-4-6-14-5-2-3-7-19(14)23/h2-3,5,7-9,11,22H,4,6,10,12H2,1H3. The molecule has 0 radical (unpaired) electrons. The Hall–Kier alpha value is -2.62. The molecule has 24 heavy (non-hydrogen) atoms. The molecule has 1 aromatic heterocycles. The number of H-pyrrole nitrogens is 1. The molecule has 0 aliphatic carbocycles. The highest BCUT2D eigenvalue weighted by Gasteiger charge is 2.23. The summed E-state index contributed by atoms with van der Waals surface area (Å²) in [5.74, 6) is -0.214. The molecule has 0 spiro atoms. The van der Waals surface area contributed by atoms with Gasteiger partial charge in [0.15, 0.2) is 0 Å². The van der Waals surface area contributed by atoms with E-state index in [0.29, 0.717) is 0 Å². The maximum Gasteiger partial charge on any atom is 0.231 e. The molecule has 2 heterocycles. The Balaban J connectivity index is 1.68. The summed E-state index contributed by atoms with van der Waals surface area (Å²) in [6.45, 7) is 2.68. The number of nitrogens with zero attached hydrogens (tertiary/aromatic N) is 1. The molecule has 4 rings (SSSR count). The minimum Gasteiger partial charge on any atom is -0.358 e. The molecule has 0 bridgehead atoms. The van der Waals surface area contributed by atoms with Gasteiger partial charge >= 0.3 is 0 Å². The fourth-order valence-corrected chi connectivity index (χ4v) is 3.62. The molecule has 0 saturated heterocycles. The number of hydrogen-bond acceptors (Lipinski definition) is 1. The van der Waals surface area contributed by atoms with E-state index < -0.39 is 0 Å². The van der Waals surface area contributed by atoms with Crippen molar-refractivity contribution >= 4 is 22.5 Å².